The summed E-state index contributed by atoms with van der Waals surface area (Å²) in [5.41, 5.74) is 3.45. The number of hydrogen-bond acceptors (Lipinski definition) is 2. The van der Waals surface area contributed by atoms with Crippen molar-refractivity contribution < 1.29 is 9.59 Å². The van der Waals surface area contributed by atoms with Crippen molar-refractivity contribution in [1.82, 2.24) is 5.32 Å². The Bertz CT molecular complexity index is 751. The van der Waals surface area contributed by atoms with Crippen LogP contribution in [0.15, 0.2) is 30.3 Å². The summed E-state index contributed by atoms with van der Waals surface area (Å²) in [6.45, 7) is 0. The second-order valence-electron chi connectivity index (χ2n) is 4.61. The van der Waals surface area contributed by atoms with Gasteiger partial charge in [0.15, 0.2) is 0 Å². The fourth-order valence-corrected chi connectivity index (χ4v) is 2.83. The maximum atomic E-state index is 11.9. The maximum absolute atomic E-state index is 11.9. The van der Waals surface area contributed by atoms with Gasteiger partial charge in [-0.25, -0.2) is 0 Å². The first-order valence-electron chi connectivity index (χ1n) is 5.86. The van der Waals surface area contributed by atoms with Gasteiger partial charge in [-0.3, -0.25) is 14.9 Å². The fraction of sp³-hybridized carbons (Fsp3) is 0.0667. The van der Waals surface area contributed by atoms with E-state index in [4.69, 9.17) is 0 Å². The van der Waals surface area contributed by atoms with Crippen LogP contribution in [-0.2, 0) is 6.42 Å². The predicted octanol–water partition coefficient (Wildman–Crippen LogP) is 2.29. The lowest BCUT2D eigenvalue weighted by atomic mass is 9.86. The van der Waals surface area contributed by atoms with E-state index in [2.05, 4.69) is 11.4 Å². The van der Waals surface area contributed by atoms with Crippen LogP contribution in [-0.4, -0.2) is 11.8 Å². The highest BCUT2D eigenvalue weighted by atomic mass is 16.2. The van der Waals surface area contributed by atoms with E-state index < -0.39 is 0 Å². The molecule has 4 rings (SSSR count). The lowest BCUT2D eigenvalue weighted by molar-refractivity contribution is 0.0845. The Hall–Kier alpha value is -2.42. The van der Waals surface area contributed by atoms with Crippen molar-refractivity contribution >= 4 is 28.7 Å². The number of carbonyl (C=O) groups excluding carboxylic acids is 2. The Morgan fingerprint density at radius 2 is 1.61 bits per heavy atom. The molecule has 1 aliphatic carbocycles. The van der Waals surface area contributed by atoms with Crippen molar-refractivity contribution in [3.63, 3.8) is 0 Å². The van der Waals surface area contributed by atoms with E-state index in [1.54, 1.807) is 6.07 Å². The van der Waals surface area contributed by atoms with Gasteiger partial charge >= 0.3 is 0 Å². The molecule has 0 spiro atoms. The van der Waals surface area contributed by atoms with Gasteiger partial charge < -0.3 is 0 Å². The summed E-state index contributed by atoms with van der Waals surface area (Å²) in [5, 5.41) is 4.23. The molecule has 3 nitrogen and oxygen atoms in total. The normalized spacial score (nSPS) is 16.0. The van der Waals surface area contributed by atoms with Crippen LogP contribution in [0.25, 0.3) is 16.8 Å². The molecule has 1 aliphatic heterocycles. The highest BCUT2D eigenvalue weighted by molar-refractivity contribution is 6.26. The minimum atomic E-state index is -0.300. The Kier molecular flexibility index (Phi) is 1.64. The topological polar surface area (TPSA) is 46.2 Å². The van der Waals surface area contributed by atoms with Crippen LogP contribution in [0.4, 0.5) is 0 Å². The molecule has 1 N–H and O–H groups in total. The zero-order valence-electron chi connectivity index (χ0n) is 9.49. The number of rotatable bonds is 0. The van der Waals surface area contributed by atoms with Gasteiger partial charge in [0.2, 0.25) is 0 Å². The second-order valence-corrected chi connectivity index (χ2v) is 4.61. The molecule has 0 bridgehead atoms. The zero-order chi connectivity index (χ0) is 12.3. The molecule has 2 aromatic carbocycles. The molecule has 1 heterocycles. The van der Waals surface area contributed by atoms with Crippen molar-refractivity contribution in [2.45, 2.75) is 6.42 Å². The summed E-state index contributed by atoms with van der Waals surface area (Å²) in [6, 6.07) is 7.52. The molecule has 2 aromatic rings. The number of benzene rings is 2. The molecule has 0 saturated heterocycles. The Morgan fingerprint density at radius 1 is 0.889 bits per heavy atom. The van der Waals surface area contributed by atoms with Gasteiger partial charge in [-0.1, -0.05) is 24.3 Å². The molecule has 0 aromatic heterocycles. The average molecular weight is 235 g/mol. The molecule has 0 fully saturated rings. The van der Waals surface area contributed by atoms with E-state index in [9.17, 15) is 9.59 Å². The first-order valence-corrected chi connectivity index (χ1v) is 5.86. The predicted molar refractivity (Wildman–Crippen MR) is 68.5 cm³/mol. The first-order chi connectivity index (χ1) is 8.75. The van der Waals surface area contributed by atoms with E-state index in [0.29, 0.717) is 11.1 Å². The largest absolute Gasteiger partial charge is 0.288 e. The molecule has 2 amide bonds. The number of amides is 2. The molecular formula is C15H9NO2. The molecule has 0 saturated carbocycles. The quantitative estimate of drug-likeness (QED) is 0.712. The summed E-state index contributed by atoms with van der Waals surface area (Å²) >= 11 is 0. The molecule has 86 valence electrons. The average Bonchev–Trinajstić information content (AvgIpc) is 2.38. The summed E-state index contributed by atoms with van der Waals surface area (Å²) in [6.07, 6.45) is 5.00. The van der Waals surface area contributed by atoms with E-state index in [1.165, 1.54) is 5.56 Å². The van der Waals surface area contributed by atoms with Gasteiger partial charge in [0, 0.05) is 16.5 Å². The van der Waals surface area contributed by atoms with Crippen molar-refractivity contribution in [3.8, 4) is 0 Å². The van der Waals surface area contributed by atoms with Crippen molar-refractivity contribution in [1.29, 1.82) is 0 Å². The van der Waals surface area contributed by atoms with E-state index in [0.717, 1.165) is 22.8 Å². The van der Waals surface area contributed by atoms with Gasteiger partial charge in [-0.2, -0.15) is 0 Å². The van der Waals surface area contributed by atoms with Gasteiger partial charge in [0.05, 0.1) is 0 Å². The minimum absolute atomic E-state index is 0.300. The minimum Gasteiger partial charge on any atom is -0.288 e. The zero-order valence-corrected chi connectivity index (χ0v) is 9.49. The third-order valence-electron chi connectivity index (χ3n) is 3.63. The van der Waals surface area contributed by atoms with Gasteiger partial charge in [-0.15, -0.1) is 0 Å². The van der Waals surface area contributed by atoms with Gasteiger partial charge in [0.1, 0.15) is 0 Å². The van der Waals surface area contributed by atoms with Crippen molar-refractivity contribution in [3.05, 3.63) is 52.6 Å². The number of hydrogen-bond donors (Lipinski definition) is 1. The molecule has 18 heavy (non-hydrogen) atoms. The molecular weight excluding hydrogens is 226 g/mol. The van der Waals surface area contributed by atoms with E-state index in [1.807, 2.05) is 24.3 Å². The van der Waals surface area contributed by atoms with Crippen LogP contribution in [0.1, 0.15) is 31.8 Å². The number of allylic oxidation sites excluding steroid dienone is 1. The van der Waals surface area contributed by atoms with Crippen molar-refractivity contribution in [2.75, 3.05) is 0 Å². The monoisotopic (exact) mass is 235 g/mol. The summed E-state index contributed by atoms with van der Waals surface area (Å²) in [4.78, 5) is 23.7. The molecule has 0 atom stereocenters. The Labute approximate surface area is 103 Å². The van der Waals surface area contributed by atoms with E-state index >= 15 is 0 Å². The third-order valence-corrected chi connectivity index (χ3v) is 3.63. The highest BCUT2D eigenvalue weighted by Crippen LogP contribution is 2.34. The number of imide groups is 1. The molecule has 0 unspecified atom stereocenters. The van der Waals surface area contributed by atoms with Crippen LogP contribution in [0.5, 0.6) is 0 Å². The van der Waals surface area contributed by atoms with Crippen LogP contribution < -0.4 is 5.32 Å². The first kappa shape index (κ1) is 9.59. The SMILES string of the molecule is O=C1NC(=O)c2ccc3c4c(ccc1c24)C=CC3. The molecule has 2 aliphatic rings. The maximum Gasteiger partial charge on any atom is 0.258 e. The standard InChI is InChI=1S/C15H9NO2/c17-14-10-6-4-8-2-1-3-9-5-7-11(15(18)16-14)13(10)12(8)9/h1-2,4-7H,3H2,(H,16,17,18). The fourth-order valence-electron chi connectivity index (χ4n) is 2.83. The Balaban J connectivity index is 2.29. The smallest absolute Gasteiger partial charge is 0.258 e. The molecule has 3 heteroatoms. The van der Waals surface area contributed by atoms with Crippen LogP contribution in [0.3, 0.4) is 0 Å². The third kappa shape index (κ3) is 1.03. The summed E-state index contributed by atoms with van der Waals surface area (Å²) < 4.78 is 0. The van der Waals surface area contributed by atoms with Gasteiger partial charge in [0.25, 0.3) is 11.8 Å². The second kappa shape index (κ2) is 3.07. The molecule has 0 radical (unpaired) electrons. The van der Waals surface area contributed by atoms with Crippen molar-refractivity contribution in [2.24, 2.45) is 0 Å². The van der Waals surface area contributed by atoms with E-state index in [-0.39, 0.29) is 11.8 Å². The number of nitrogens with one attached hydrogen (secondary N) is 1. The lowest BCUT2D eigenvalue weighted by Crippen LogP contribution is -2.34. The van der Waals surface area contributed by atoms with Crippen LogP contribution in [0, 0.1) is 0 Å². The van der Waals surface area contributed by atoms with Crippen LogP contribution in [0.2, 0.25) is 0 Å². The number of carbonyl (C=O) groups is 2. The summed E-state index contributed by atoms with van der Waals surface area (Å²) in [5.74, 6) is -0.600. The Morgan fingerprint density at radius 3 is 2.39 bits per heavy atom. The highest BCUT2D eigenvalue weighted by Gasteiger charge is 2.26. The lowest BCUT2D eigenvalue weighted by Gasteiger charge is -2.21. The summed E-state index contributed by atoms with van der Waals surface area (Å²) in [7, 11) is 0. The van der Waals surface area contributed by atoms with Gasteiger partial charge in [-0.05, 0) is 35.1 Å². The van der Waals surface area contributed by atoms with Crippen LogP contribution >= 0.6 is 0 Å².